The highest BCUT2D eigenvalue weighted by Gasteiger charge is 2.18. The van der Waals surface area contributed by atoms with E-state index in [0.717, 1.165) is 12.8 Å². The quantitative estimate of drug-likeness (QED) is 0.870. The lowest BCUT2D eigenvalue weighted by molar-refractivity contribution is -0.121. The van der Waals surface area contributed by atoms with Gasteiger partial charge in [-0.15, -0.1) is 11.3 Å². The molecule has 2 aromatic rings. The fourth-order valence-corrected chi connectivity index (χ4v) is 3.23. The van der Waals surface area contributed by atoms with Crippen LogP contribution in [0.15, 0.2) is 23.8 Å². The van der Waals surface area contributed by atoms with Gasteiger partial charge in [0.1, 0.15) is 0 Å². The summed E-state index contributed by atoms with van der Waals surface area (Å²) in [4.78, 5) is 35.9. The molecule has 0 spiro atoms. The van der Waals surface area contributed by atoms with Gasteiger partial charge in [-0.1, -0.05) is 12.8 Å². The van der Waals surface area contributed by atoms with Crippen LogP contribution in [0.25, 0.3) is 0 Å². The van der Waals surface area contributed by atoms with Crippen molar-refractivity contribution >= 4 is 28.3 Å². The topological polar surface area (TPSA) is 96.9 Å². The standard InChI is InChI=1S/C15H17N5O2S/c21-12(18-10-4-1-2-5-10)8-11-9-23-15(19-11)20-14(22)13-16-6-3-7-17-13/h3,6-7,9-10H,1-2,4-5,8H2,(H,18,21)(H,19,20,22). The molecular weight excluding hydrogens is 314 g/mol. The molecule has 8 heteroatoms. The molecule has 2 amide bonds. The van der Waals surface area contributed by atoms with E-state index in [-0.39, 0.29) is 18.2 Å². The zero-order valence-electron chi connectivity index (χ0n) is 12.5. The van der Waals surface area contributed by atoms with Crippen LogP contribution >= 0.6 is 11.3 Å². The van der Waals surface area contributed by atoms with Gasteiger partial charge in [-0.05, 0) is 18.9 Å². The Kier molecular flexibility index (Phi) is 4.92. The Morgan fingerprint density at radius 2 is 1.96 bits per heavy atom. The second-order valence-corrected chi connectivity index (χ2v) is 6.25. The average Bonchev–Trinajstić information content (AvgIpc) is 3.20. The zero-order chi connectivity index (χ0) is 16.1. The molecule has 120 valence electrons. The van der Waals surface area contributed by atoms with Crippen LogP contribution in [0.2, 0.25) is 0 Å². The minimum absolute atomic E-state index is 0.0218. The SMILES string of the molecule is O=C(Cc1csc(NC(=O)c2ncccn2)n1)NC1CCCC1. The Labute approximate surface area is 137 Å². The normalized spacial score (nSPS) is 14.6. The molecule has 1 aliphatic carbocycles. The number of carbonyl (C=O) groups excluding carboxylic acids is 2. The van der Waals surface area contributed by atoms with Crippen LogP contribution in [0.3, 0.4) is 0 Å². The molecule has 1 saturated carbocycles. The van der Waals surface area contributed by atoms with E-state index in [9.17, 15) is 9.59 Å². The highest BCUT2D eigenvalue weighted by Crippen LogP contribution is 2.19. The minimum atomic E-state index is -0.415. The predicted molar refractivity (Wildman–Crippen MR) is 86.2 cm³/mol. The van der Waals surface area contributed by atoms with E-state index < -0.39 is 5.91 Å². The van der Waals surface area contributed by atoms with Crippen LogP contribution in [0.5, 0.6) is 0 Å². The molecule has 2 aromatic heterocycles. The molecule has 0 aliphatic heterocycles. The van der Waals surface area contributed by atoms with Crippen LogP contribution in [-0.4, -0.2) is 32.8 Å². The van der Waals surface area contributed by atoms with Gasteiger partial charge in [0.15, 0.2) is 5.13 Å². The molecule has 0 saturated heterocycles. The van der Waals surface area contributed by atoms with E-state index >= 15 is 0 Å². The number of nitrogens with zero attached hydrogens (tertiary/aromatic N) is 3. The Morgan fingerprint density at radius 1 is 1.22 bits per heavy atom. The van der Waals surface area contributed by atoms with Gasteiger partial charge in [-0.3, -0.25) is 14.9 Å². The molecule has 2 N–H and O–H groups in total. The number of hydrogen-bond donors (Lipinski definition) is 2. The number of thiazole rings is 1. The number of hydrogen-bond acceptors (Lipinski definition) is 6. The fraction of sp³-hybridized carbons (Fsp3) is 0.400. The number of nitrogens with one attached hydrogen (secondary N) is 2. The summed E-state index contributed by atoms with van der Waals surface area (Å²) in [7, 11) is 0. The van der Waals surface area contributed by atoms with Gasteiger partial charge in [0, 0.05) is 23.8 Å². The van der Waals surface area contributed by atoms with Crippen LogP contribution in [0, 0.1) is 0 Å². The lowest BCUT2D eigenvalue weighted by Crippen LogP contribution is -2.33. The van der Waals surface area contributed by atoms with E-state index in [1.54, 1.807) is 11.4 Å². The van der Waals surface area contributed by atoms with E-state index in [0.29, 0.717) is 16.9 Å². The summed E-state index contributed by atoms with van der Waals surface area (Å²) in [5.41, 5.74) is 0.648. The molecule has 0 unspecified atom stereocenters. The highest BCUT2D eigenvalue weighted by molar-refractivity contribution is 7.14. The lowest BCUT2D eigenvalue weighted by atomic mass is 10.2. The maximum absolute atomic E-state index is 12.0. The summed E-state index contributed by atoms with van der Waals surface area (Å²) in [6.07, 6.45) is 7.71. The van der Waals surface area contributed by atoms with Crippen LogP contribution in [-0.2, 0) is 11.2 Å². The van der Waals surface area contributed by atoms with Gasteiger partial charge in [0.2, 0.25) is 11.7 Å². The largest absolute Gasteiger partial charge is 0.353 e. The van der Waals surface area contributed by atoms with Gasteiger partial charge in [0.25, 0.3) is 5.91 Å². The van der Waals surface area contributed by atoms with Crippen molar-refractivity contribution in [3.8, 4) is 0 Å². The number of aromatic nitrogens is 3. The Bertz CT molecular complexity index is 682. The molecule has 0 bridgehead atoms. The predicted octanol–water partition coefficient (Wildman–Crippen LogP) is 1.79. The molecule has 1 aliphatic rings. The van der Waals surface area contributed by atoms with Crippen LogP contribution < -0.4 is 10.6 Å². The van der Waals surface area contributed by atoms with Crippen LogP contribution in [0.4, 0.5) is 5.13 Å². The maximum atomic E-state index is 12.0. The van der Waals surface area contributed by atoms with E-state index in [4.69, 9.17) is 0 Å². The maximum Gasteiger partial charge on any atom is 0.295 e. The van der Waals surface area contributed by atoms with Gasteiger partial charge in [0.05, 0.1) is 12.1 Å². The molecule has 7 nitrogen and oxygen atoms in total. The smallest absolute Gasteiger partial charge is 0.295 e. The van der Waals surface area contributed by atoms with E-state index in [1.165, 1.54) is 36.6 Å². The van der Waals surface area contributed by atoms with Crippen molar-refractivity contribution in [1.29, 1.82) is 0 Å². The first kappa shape index (κ1) is 15.5. The van der Waals surface area contributed by atoms with Gasteiger partial charge >= 0.3 is 0 Å². The Morgan fingerprint density at radius 3 is 2.70 bits per heavy atom. The van der Waals surface area contributed by atoms with Gasteiger partial charge in [-0.2, -0.15) is 0 Å². The molecule has 2 heterocycles. The Hall–Kier alpha value is -2.35. The molecule has 3 rings (SSSR count). The number of rotatable bonds is 5. The third-order valence-corrected chi connectivity index (χ3v) is 4.41. The summed E-state index contributed by atoms with van der Waals surface area (Å²) >= 11 is 1.28. The number of carbonyl (C=O) groups is 2. The third-order valence-electron chi connectivity index (χ3n) is 3.60. The summed E-state index contributed by atoms with van der Waals surface area (Å²) in [6, 6.07) is 1.94. The summed E-state index contributed by atoms with van der Waals surface area (Å²) in [6.45, 7) is 0. The second kappa shape index (κ2) is 7.28. The van der Waals surface area contributed by atoms with Gasteiger partial charge in [-0.25, -0.2) is 15.0 Å². The highest BCUT2D eigenvalue weighted by atomic mass is 32.1. The van der Waals surface area contributed by atoms with Crippen molar-refractivity contribution in [3.05, 3.63) is 35.4 Å². The van der Waals surface area contributed by atoms with E-state index in [2.05, 4.69) is 25.6 Å². The molecule has 1 fully saturated rings. The second-order valence-electron chi connectivity index (χ2n) is 5.40. The first-order valence-electron chi connectivity index (χ1n) is 7.53. The van der Waals surface area contributed by atoms with Crippen molar-refractivity contribution in [2.75, 3.05) is 5.32 Å². The molecule has 0 atom stereocenters. The van der Waals surface area contributed by atoms with Gasteiger partial charge < -0.3 is 5.32 Å². The van der Waals surface area contributed by atoms with Crippen LogP contribution in [0.1, 0.15) is 42.0 Å². The van der Waals surface area contributed by atoms with E-state index in [1.807, 2.05) is 0 Å². The fourth-order valence-electron chi connectivity index (χ4n) is 2.53. The molecule has 0 radical (unpaired) electrons. The first-order chi connectivity index (χ1) is 11.2. The van der Waals surface area contributed by atoms with Crippen molar-refractivity contribution in [3.63, 3.8) is 0 Å². The summed E-state index contributed by atoms with van der Waals surface area (Å²) in [5.74, 6) is -0.350. The van der Waals surface area contributed by atoms with Crippen molar-refractivity contribution < 1.29 is 9.59 Å². The summed E-state index contributed by atoms with van der Waals surface area (Å²) < 4.78 is 0. The van der Waals surface area contributed by atoms with Crippen molar-refractivity contribution in [2.45, 2.75) is 38.1 Å². The minimum Gasteiger partial charge on any atom is -0.353 e. The molecular formula is C15H17N5O2S. The monoisotopic (exact) mass is 331 g/mol. The summed E-state index contributed by atoms with van der Waals surface area (Å²) in [5, 5.41) is 7.87. The Balaban J connectivity index is 1.53. The number of anilines is 1. The number of amides is 2. The zero-order valence-corrected chi connectivity index (χ0v) is 13.3. The van der Waals surface area contributed by atoms with Crippen molar-refractivity contribution in [1.82, 2.24) is 20.3 Å². The molecule has 0 aromatic carbocycles. The third kappa shape index (κ3) is 4.32. The lowest BCUT2D eigenvalue weighted by Gasteiger charge is -2.10. The first-order valence-corrected chi connectivity index (χ1v) is 8.41. The van der Waals surface area contributed by atoms with Crippen molar-refractivity contribution in [2.24, 2.45) is 0 Å². The average molecular weight is 331 g/mol. The molecule has 23 heavy (non-hydrogen) atoms.